The SMILES string of the molecule is CC(C)(C)[Si](C)(C)OCC=CSc1ccc(NC(=O)c2ccc(OC(F)(F)F)cc2)cc1. The van der Waals surface area contributed by atoms with Crippen molar-refractivity contribution in [2.45, 2.75) is 50.2 Å². The van der Waals surface area contributed by atoms with Crippen molar-refractivity contribution in [1.82, 2.24) is 0 Å². The van der Waals surface area contributed by atoms with Crippen LogP contribution in [0.4, 0.5) is 18.9 Å². The highest BCUT2D eigenvalue weighted by Gasteiger charge is 2.36. The summed E-state index contributed by atoms with van der Waals surface area (Å²) in [5, 5.41) is 4.87. The second-order valence-electron chi connectivity index (χ2n) is 8.61. The minimum absolute atomic E-state index is 0.174. The summed E-state index contributed by atoms with van der Waals surface area (Å²) in [5.74, 6) is -0.801. The first kappa shape index (κ1) is 26.0. The molecule has 0 aliphatic rings. The Hall–Kier alpha value is -2.23. The second-order valence-corrected chi connectivity index (χ2v) is 14.4. The third-order valence-corrected chi connectivity index (χ3v) is 10.5. The van der Waals surface area contributed by atoms with Crippen LogP contribution in [0.25, 0.3) is 0 Å². The van der Waals surface area contributed by atoms with Crippen LogP contribution in [-0.4, -0.2) is 27.2 Å². The van der Waals surface area contributed by atoms with Gasteiger partial charge < -0.3 is 14.5 Å². The number of anilines is 1. The minimum Gasteiger partial charge on any atom is -0.413 e. The summed E-state index contributed by atoms with van der Waals surface area (Å²) in [7, 11) is -1.76. The average Bonchev–Trinajstić information content (AvgIpc) is 2.67. The first-order valence-corrected chi connectivity index (χ1v) is 13.8. The maximum absolute atomic E-state index is 12.3. The van der Waals surface area contributed by atoms with E-state index in [9.17, 15) is 18.0 Å². The number of amides is 1. The highest BCUT2D eigenvalue weighted by atomic mass is 32.2. The predicted octanol–water partition coefficient (Wildman–Crippen LogP) is 7.47. The lowest BCUT2D eigenvalue weighted by atomic mass is 10.2. The van der Waals surface area contributed by atoms with Crippen molar-refractivity contribution in [3.05, 3.63) is 65.6 Å². The number of halogens is 3. The fraction of sp³-hybridized carbons (Fsp3) is 0.348. The quantitative estimate of drug-likeness (QED) is 0.313. The first-order chi connectivity index (χ1) is 14.8. The lowest BCUT2D eigenvalue weighted by Gasteiger charge is -2.35. The van der Waals surface area contributed by atoms with Gasteiger partial charge in [0.2, 0.25) is 0 Å². The molecule has 1 N–H and O–H groups in total. The van der Waals surface area contributed by atoms with Gasteiger partial charge in [0.15, 0.2) is 8.32 Å². The third-order valence-electron chi connectivity index (χ3n) is 5.11. The van der Waals surface area contributed by atoms with Gasteiger partial charge in [-0.2, -0.15) is 0 Å². The number of carbonyl (C=O) groups is 1. The summed E-state index contributed by atoms with van der Waals surface area (Å²) < 4.78 is 46.5. The van der Waals surface area contributed by atoms with E-state index in [1.807, 2.05) is 23.6 Å². The molecule has 174 valence electrons. The van der Waals surface area contributed by atoms with Crippen LogP contribution in [0.5, 0.6) is 5.75 Å². The molecule has 0 radical (unpaired) electrons. The van der Waals surface area contributed by atoms with Crippen LogP contribution >= 0.6 is 11.8 Å². The summed E-state index contributed by atoms with van der Waals surface area (Å²) in [4.78, 5) is 13.3. The van der Waals surface area contributed by atoms with Crippen LogP contribution in [0, 0.1) is 0 Å². The number of benzene rings is 2. The van der Waals surface area contributed by atoms with Gasteiger partial charge in [0.1, 0.15) is 5.75 Å². The molecule has 0 aliphatic carbocycles. The Morgan fingerprint density at radius 1 is 1.03 bits per heavy atom. The van der Waals surface area contributed by atoms with Gasteiger partial charge in [-0.3, -0.25) is 4.79 Å². The van der Waals surface area contributed by atoms with Crippen molar-refractivity contribution < 1.29 is 27.1 Å². The Kier molecular flexibility index (Phi) is 8.61. The number of hydrogen-bond donors (Lipinski definition) is 1. The molecular weight excluding hydrogens is 455 g/mol. The van der Waals surface area contributed by atoms with Crippen molar-refractivity contribution in [2.75, 3.05) is 11.9 Å². The molecule has 0 fully saturated rings. The summed E-state index contributed by atoms with van der Waals surface area (Å²) in [5.41, 5.74) is 0.808. The Bertz CT molecular complexity index is 921. The van der Waals surface area contributed by atoms with Gasteiger partial charge in [-0.1, -0.05) is 38.6 Å². The Morgan fingerprint density at radius 3 is 2.16 bits per heavy atom. The molecule has 0 aliphatic heterocycles. The zero-order chi connectivity index (χ0) is 24.0. The molecule has 0 heterocycles. The molecule has 4 nitrogen and oxygen atoms in total. The lowest BCUT2D eigenvalue weighted by Crippen LogP contribution is -2.40. The average molecular weight is 484 g/mol. The normalized spacial score (nSPS) is 12.8. The number of ether oxygens (including phenoxy) is 1. The van der Waals surface area contributed by atoms with Crippen molar-refractivity contribution in [3.8, 4) is 5.75 Å². The number of hydrogen-bond acceptors (Lipinski definition) is 4. The van der Waals surface area contributed by atoms with Gasteiger partial charge in [0.05, 0.1) is 6.61 Å². The van der Waals surface area contributed by atoms with Crippen LogP contribution in [0.2, 0.25) is 18.1 Å². The van der Waals surface area contributed by atoms with Gasteiger partial charge in [-0.05, 0) is 72.1 Å². The number of rotatable bonds is 8. The maximum atomic E-state index is 12.3. The fourth-order valence-corrected chi connectivity index (χ4v) is 3.84. The Balaban J connectivity index is 1.84. The summed E-state index contributed by atoms with van der Waals surface area (Å²) in [6.07, 6.45) is -2.77. The first-order valence-electron chi connectivity index (χ1n) is 10.00. The summed E-state index contributed by atoms with van der Waals surface area (Å²) in [6, 6.07) is 12.0. The third kappa shape index (κ3) is 8.37. The zero-order valence-corrected chi connectivity index (χ0v) is 20.6. The molecule has 0 saturated carbocycles. The zero-order valence-electron chi connectivity index (χ0n) is 18.7. The van der Waals surface area contributed by atoms with E-state index in [1.54, 1.807) is 23.9 Å². The second kappa shape index (κ2) is 10.6. The van der Waals surface area contributed by atoms with E-state index in [0.717, 1.165) is 17.0 Å². The summed E-state index contributed by atoms with van der Waals surface area (Å²) in [6.45, 7) is 11.6. The van der Waals surface area contributed by atoms with Crippen LogP contribution in [0.15, 0.2) is 64.9 Å². The van der Waals surface area contributed by atoms with Gasteiger partial charge in [0, 0.05) is 16.1 Å². The van der Waals surface area contributed by atoms with E-state index in [0.29, 0.717) is 12.3 Å². The van der Waals surface area contributed by atoms with Crippen LogP contribution < -0.4 is 10.1 Å². The molecule has 2 rings (SSSR count). The maximum Gasteiger partial charge on any atom is 0.573 e. The van der Waals surface area contributed by atoms with E-state index in [-0.39, 0.29) is 16.4 Å². The van der Waals surface area contributed by atoms with Gasteiger partial charge >= 0.3 is 6.36 Å². The van der Waals surface area contributed by atoms with Crippen molar-refractivity contribution >= 4 is 31.7 Å². The fourth-order valence-electron chi connectivity index (χ4n) is 2.27. The van der Waals surface area contributed by atoms with Crippen molar-refractivity contribution in [2.24, 2.45) is 0 Å². The molecule has 0 bridgehead atoms. The molecule has 2 aromatic carbocycles. The van der Waals surface area contributed by atoms with Gasteiger partial charge in [-0.15, -0.1) is 13.2 Å². The standard InChI is InChI=1S/C23H28F3NO3SSi/c1-22(2,3)32(4,5)29-15-6-16-31-20-13-9-18(10-14-20)27-21(28)17-7-11-19(12-8-17)30-23(24,25)26/h6-14,16H,15H2,1-5H3,(H,27,28). The molecule has 32 heavy (non-hydrogen) atoms. The Labute approximate surface area is 192 Å². The van der Waals surface area contributed by atoms with Crippen LogP contribution in [0.1, 0.15) is 31.1 Å². The molecular formula is C23H28F3NO3SSi. The van der Waals surface area contributed by atoms with Crippen LogP contribution in [0.3, 0.4) is 0 Å². The van der Waals surface area contributed by atoms with Crippen LogP contribution in [-0.2, 0) is 4.43 Å². The van der Waals surface area contributed by atoms with Gasteiger partial charge in [0.25, 0.3) is 5.91 Å². The highest BCUT2D eigenvalue weighted by Crippen LogP contribution is 2.36. The predicted molar refractivity (Wildman–Crippen MR) is 126 cm³/mol. The number of nitrogens with one attached hydrogen (secondary N) is 1. The monoisotopic (exact) mass is 483 g/mol. The molecule has 1 amide bonds. The number of thioether (sulfide) groups is 1. The molecule has 0 spiro atoms. The van der Waals surface area contributed by atoms with E-state index >= 15 is 0 Å². The molecule has 0 aromatic heterocycles. The number of alkyl halides is 3. The van der Waals surface area contributed by atoms with Gasteiger partial charge in [-0.25, -0.2) is 0 Å². The Morgan fingerprint density at radius 2 is 1.62 bits per heavy atom. The van der Waals surface area contributed by atoms with Crippen molar-refractivity contribution in [1.29, 1.82) is 0 Å². The molecule has 2 aromatic rings. The molecule has 0 unspecified atom stereocenters. The van der Waals surface area contributed by atoms with E-state index < -0.39 is 20.6 Å². The smallest absolute Gasteiger partial charge is 0.413 e. The van der Waals surface area contributed by atoms with Crippen molar-refractivity contribution in [3.63, 3.8) is 0 Å². The highest BCUT2D eigenvalue weighted by molar-refractivity contribution is 8.02. The van der Waals surface area contributed by atoms with E-state index in [1.165, 1.54) is 12.1 Å². The van der Waals surface area contributed by atoms with E-state index in [2.05, 4.69) is 43.9 Å². The van der Waals surface area contributed by atoms with E-state index in [4.69, 9.17) is 4.43 Å². The summed E-state index contributed by atoms with van der Waals surface area (Å²) >= 11 is 1.54. The number of carbonyl (C=O) groups excluding carboxylic acids is 1. The molecule has 9 heteroatoms. The largest absolute Gasteiger partial charge is 0.573 e. The topological polar surface area (TPSA) is 47.6 Å². The lowest BCUT2D eigenvalue weighted by molar-refractivity contribution is -0.274. The minimum atomic E-state index is -4.77. The molecule has 0 saturated heterocycles. The molecule has 0 atom stereocenters.